The zero-order chi connectivity index (χ0) is 27.4. The summed E-state index contributed by atoms with van der Waals surface area (Å²) in [7, 11) is 0. The number of rotatable bonds is 8. The van der Waals surface area contributed by atoms with Crippen molar-refractivity contribution in [2.45, 2.75) is 69.2 Å². The summed E-state index contributed by atoms with van der Waals surface area (Å²) in [6.45, 7) is 0.376. The Morgan fingerprint density at radius 3 is 2.45 bits per heavy atom. The van der Waals surface area contributed by atoms with Crippen molar-refractivity contribution < 1.29 is 23.6 Å². The van der Waals surface area contributed by atoms with Crippen molar-refractivity contribution in [3.8, 4) is 22.7 Å². The van der Waals surface area contributed by atoms with Crippen LogP contribution >= 0.6 is 23.2 Å². The van der Waals surface area contributed by atoms with Crippen molar-refractivity contribution in [3.63, 3.8) is 0 Å². The number of carbonyl (C=O) groups is 1. The Morgan fingerprint density at radius 1 is 1.02 bits per heavy atom. The molecule has 40 heavy (non-hydrogen) atoms. The van der Waals surface area contributed by atoms with Crippen LogP contribution in [-0.4, -0.2) is 44.6 Å². The van der Waals surface area contributed by atoms with Gasteiger partial charge in [0, 0.05) is 34.7 Å². The number of hydrogen-bond donors (Lipinski definition) is 1. The van der Waals surface area contributed by atoms with Crippen LogP contribution < -0.4 is 4.90 Å². The highest BCUT2D eigenvalue weighted by molar-refractivity contribution is 6.39. The molecule has 0 amide bonds. The predicted molar refractivity (Wildman–Crippen MR) is 148 cm³/mol. The molecule has 2 aromatic heterocycles. The second-order valence-corrected chi connectivity index (χ2v) is 11.5. The van der Waals surface area contributed by atoms with Gasteiger partial charge in [0.25, 0.3) is 0 Å². The van der Waals surface area contributed by atoms with Crippen molar-refractivity contribution in [2.24, 2.45) is 0 Å². The smallest absolute Gasteiger partial charge is 0.335 e. The Balaban J connectivity index is 1.07. The third-order valence-electron chi connectivity index (χ3n) is 8.11. The first-order valence-electron chi connectivity index (χ1n) is 13.5. The molecule has 11 heteroatoms. The summed E-state index contributed by atoms with van der Waals surface area (Å²) >= 11 is 13.0. The second-order valence-electron chi connectivity index (χ2n) is 10.7. The van der Waals surface area contributed by atoms with Crippen molar-refractivity contribution >= 4 is 35.2 Å². The molecule has 3 aliphatic rings. The van der Waals surface area contributed by atoms with E-state index in [9.17, 15) is 9.90 Å². The standard InChI is InChI=1S/C29H26Cl2N4O5/c30-22-5-2-6-23(31)24(22)25-21(26(40-34-25)15-7-8-15)14-38-20-12-18-9-10-19(13-20)35(18)29-33-32-27(39-29)16-3-1-4-17(11-16)28(36)37/h1-6,11,15,18-20H,7-10,12-14H2,(H,36,37)/t18-,19+,20+. The molecule has 3 atom stereocenters. The van der Waals surface area contributed by atoms with Crippen molar-refractivity contribution in [1.82, 2.24) is 15.4 Å². The maximum Gasteiger partial charge on any atom is 0.335 e. The first-order valence-corrected chi connectivity index (χ1v) is 14.2. The van der Waals surface area contributed by atoms with Crippen LogP contribution in [0.3, 0.4) is 0 Å². The average molecular weight is 581 g/mol. The molecule has 2 aliphatic heterocycles. The number of benzene rings is 2. The lowest BCUT2D eigenvalue weighted by Gasteiger charge is -2.37. The Labute approximate surface area is 240 Å². The molecule has 3 fully saturated rings. The number of aromatic carboxylic acids is 1. The highest BCUT2D eigenvalue weighted by Crippen LogP contribution is 2.47. The number of fused-ring (bicyclic) bond motifs is 2. The van der Waals surface area contributed by atoms with E-state index in [-0.39, 0.29) is 23.8 Å². The molecule has 2 saturated heterocycles. The van der Waals surface area contributed by atoms with Gasteiger partial charge >= 0.3 is 12.0 Å². The molecule has 7 rings (SSSR count). The molecule has 1 saturated carbocycles. The minimum absolute atomic E-state index is 0.0555. The quantitative estimate of drug-likeness (QED) is 0.235. The fourth-order valence-corrected chi connectivity index (χ4v) is 6.62. The first-order chi connectivity index (χ1) is 19.5. The average Bonchev–Trinajstić information content (AvgIpc) is 3.41. The van der Waals surface area contributed by atoms with Crippen LogP contribution in [0.2, 0.25) is 10.0 Å². The van der Waals surface area contributed by atoms with E-state index in [1.165, 1.54) is 6.07 Å². The fraction of sp³-hybridized carbons (Fsp3) is 0.379. The third-order valence-corrected chi connectivity index (χ3v) is 8.74. The number of nitrogens with zero attached hydrogens (tertiary/aromatic N) is 4. The zero-order valence-electron chi connectivity index (χ0n) is 21.4. The van der Waals surface area contributed by atoms with Gasteiger partial charge in [-0.3, -0.25) is 0 Å². The summed E-state index contributed by atoms with van der Waals surface area (Å²) in [5, 5.41) is 23.3. The van der Waals surface area contributed by atoms with Crippen molar-refractivity contribution in [2.75, 3.05) is 4.90 Å². The highest BCUT2D eigenvalue weighted by Gasteiger charge is 2.44. The first kappa shape index (κ1) is 25.6. The summed E-state index contributed by atoms with van der Waals surface area (Å²) < 4.78 is 18.4. The van der Waals surface area contributed by atoms with E-state index < -0.39 is 5.97 Å². The number of carboxylic acid groups (broad SMARTS) is 1. The fourth-order valence-electron chi connectivity index (χ4n) is 6.05. The highest BCUT2D eigenvalue weighted by atomic mass is 35.5. The summed E-state index contributed by atoms with van der Waals surface area (Å²) in [6.07, 6.45) is 5.89. The number of anilines is 1. The van der Waals surface area contributed by atoms with Crippen LogP contribution in [0.1, 0.15) is 66.1 Å². The lowest BCUT2D eigenvalue weighted by Crippen LogP contribution is -2.45. The van der Waals surface area contributed by atoms with E-state index >= 15 is 0 Å². The Kier molecular flexibility index (Phi) is 6.53. The van der Waals surface area contributed by atoms with Crippen LogP contribution in [0.25, 0.3) is 22.7 Å². The van der Waals surface area contributed by atoms with Gasteiger partial charge in [0.2, 0.25) is 5.89 Å². The maximum absolute atomic E-state index is 11.4. The Morgan fingerprint density at radius 2 is 1.75 bits per heavy atom. The minimum Gasteiger partial charge on any atom is -0.478 e. The Hall–Kier alpha value is -3.40. The molecule has 0 radical (unpaired) electrons. The number of piperidine rings is 1. The molecule has 2 bridgehead atoms. The summed E-state index contributed by atoms with van der Waals surface area (Å²) in [4.78, 5) is 13.6. The number of aromatic nitrogens is 3. The van der Waals surface area contributed by atoms with Crippen molar-refractivity contribution in [3.05, 3.63) is 69.4 Å². The Bertz CT molecular complexity index is 1550. The van der Waals surface area contributed by atoms with Crippen LogP contribution in [-0.2, 0) is 11.3 Å². The van der Waals surface area contributed by atoms with Crippen LogP contribution in [0.4, 0.5) is 6.01 Å². The van der Waals surface area contributed by atoms with Gasteiger partial charge in [-0.25, -0.2) is 4.79 Å². The molecule has 206 valence electrons. The monoisotopic (exact) mass is 580 g/mol. The molecular weight excluding hydrogens is 555 g/mol. The van der Waals surface area contributed by atoms with Crippen LogP contribution in [0.5, 0.6) is 0 Å². The SMILES string of the molecule is O=C(O)c1cccc(-c2nnc(N3[C@@H]4CC[C@H]3C[C@@H](OCc3c(-c5c(Cl)cccc5Cl)noc3C3CC3)C4)o2)c1. The van der Waals surface area contributed by atoms with Crippen LogP contribution in [0, 0.1) is 0 Å². The molecule has 0 unspecified atom stereocenters. The third kappa shape index (κ3) is 4.66. The molecule has 0 spiro atoms. The van der Waals surface area contributed by atoms with Crippen LogP contribution in [0.15, 0.2) is 51.4 Å². The van der Waals surface area contributed by atoms with E-state index in [1.54, 1.807) is 30.3 Å². The van der Waals surface area contributed by atoms with E-state index in [4.69, 9.17) is 36.9 Å². The minimum atomic E-state index is -1.00. The second kappa shape index (κ2) is 10.2. The largest absolute Gasteiger partial charge is 0.478 e. The van der Waals surface area contributed by atoms with E-state index in [0.29, 0.717) is 51.3 Å². The summed E-state index contributed by atoms with van der Waals surface area (Å²) in [5.74, 6) is 0.541. The number of hydrogen-bond acceptors (Lipinski definition) is 8. The topological polar surface area (TPSA) is 115 Å². The number of ether oxygens (including phenoxy) is 1. The molecule has 4 aromatic rings. The summed E-state index contributed by atoms with van der Waals surface area (Å²) in [5.41, 5.74) is 3.02. The number of halogens is 2. The van der Waals surface area contributed by atoms with Gasteiger partial charge in [-0.1, -0.05) is 45.6 Å². The zero-order valence-corrected chi connectivity index (χ0v) is 22.9. The normalized spacial score (nSPS) is 22.1. The van der Waals surface area contributed by atoms with E-state index in [0.717, 1.165) is 49.8 Å². The summed E-state index contributed by atoms with van der Waals surface area (Å²) in [6, 6.07) is 12.8. The van der Waals surface area contributed by atoms with E-state index in [2.05, 4.69) is 20.3 Å². The van der Waals surface area contributed by atoms with Gasteiger partial charge < -0.3 is 23.7 Å². The predicted octanol–water partition coefficient (Wildman–Crippen LogP) is 6.99. The lowest BCUT2D eigenvalue weighted by molar-refractivity contribution is 0.0139. The van der Waals surface area contributed by atoms with E-state index in [1.807, 2.05) is 6.07 Å². The van der Waals surface area contributed by atoms with Gasteiger partial charge in [-0.15, -0.1) is 5.10 Å². The molecule has 4 heterocycles. The van der Waals surface area contributed by atoms with Gasteiger partial charge in [0.15, 0.2) is 0 Å². The van der Waals surface area contributed by atoms with Gasteiger partial charge in [-0.2, -0.15) is 0 Å². The van der Waals surface area contributed by atoms with Gasteiger partial charge in [0.1, 0.15) is 11.5 Å². The molecule has 9 nitrogen and oxygen atoms in total. The number of carboxylic acids is 1. The lowest BCUT2D eigenvalue weighted by atomic mass is 10.00. The molecule has 1 aliphatic carbocycles. The van der Waals surface area contributed by atoms with Crippen molar-refractivity contribution in [1.29, 1.82) is 0 Å². The molecule has 2 aromatic carbocycles. The molecular formula is C29H26Cl2N4O5. The van der Waals surface area contributed by atoms with Gasteiger partial charge in [0.05, 0.1) is 28.3 Å². The van der Waals surface area contributed by atoms with Gasteiger partial charge in [-0.05, 0) is 68.9 Å². The molecule has 1 N–H and O–H groups in total. The maximum atomic E-state index is 11.4.